The molecule has 2 unspecified atom stereocenters. The van der Waals surface area contributed by atoms with Gasteiger partial charge in [-0.05, 0) is 54.8 Å². The zero-order valence-electron chi connectivity index (χ0n) is 12.2. The molecule has 2 spiro atoms. The summed E-state index contributed by atoms with van der Waals surface area (Å²) >= 11 is 0. The average molecular weight is 260 g/mol. The molecule has 0 aliphatic heterocycles. The van der Waals surface area contributed by atoms with E-state index in [-0.39, 0.29) is 21.7 Å². The zero-order chi connectivity index (χ0) is 13.5. The fraction of sp³-hybridized carbons (Fsp3) is 0.882. The molecule has 4 rings (SSSR count). The molecule has 0 saturated heterocycles. The SMILES string of the molecule is CC12CCCC(=O)[C@@]13CC[C@]1(C)CC(=O)CC13CC2. The molecule has 4 fully saturated rings. The first-order valence-electron chi connectivity index (χ1n) is 7.94. The van der Waals surface area contributed by atoms with Crippen molar-refractivity contribution in [2.75, 3.05) is 0 Å². The van der Waals surface area contributed by atoms with Crippen molar-refractivity contribution in [3.8, 4) is 0 Å². The highest BCUT2D eigenvalue weighted by Gasteiger charge is 2.79. The first kappa shape index (κ1) is 12.1. The monoisotopic (exact) mass is 260 g/mol. The summed E-state index contributed by atoms with van der Waals surface area (Å²) in [5, 5.41) is 0. The fourth-order valence-corrected chi connectivity index (χ4v) is 7.03. The van der Waals surface area contributed by atoms with E-state index < -0.39 is 0 Å². The van der Waals surface area contributed by atoms with Crippen molar-refractivity contribution in [2.45, 2.75) is 71.6 Å². The molecule has 0 N–H and O–H groups in total. The van der Waals surface area contributed by atoms with Gasteiger partial charge in [-0.25, -0.2) is 0 Å². The van der Waals surface area contributed by atoms with E-state index in [1.807, 2.05) is 0 Å². The van der Waals surface area contributed by atoms with Crippen LogP contribution in [-0.2, 0) is 9.59 Å². The van der Waals surface area contributed by atoms with Gasteiger partial charge in [0, 0.05) is 24.7 Å². The van der Waals surface area contributed by atoms with Gasteiger partial charge in [-0.15, -0.1) is 0 Å². The van der Waals surface area contributed by atoms with Crippen LogP contribution in [0.3, 0.4) is 0 Å². The minimum absolute atomic E-state index is 0.0311. The van der Waals surface area contributed by atoms with Crippen molar-refractivity contribution in [1.82, 2.24) is 0 Å². The van der Waals surface area contributed by atoms with Crippen LogP contribution in [-0.4, -0.2) is 11.6 Å². The van der Waals surface area contributed by atoms with Gasteiger partial charge in [0.2, 0.25) is 0 Å². The molecule has 0 aromatic heterocycles. The molecular weight excluding hydrogens is 236 g/mol. The Balaban J connectivity index is 1.96. The van der Waals surface area contributed by atoms with Crippen molar-refractivity contribution in [3.63, 3.8) is 0 Å². The number of hydrogen-bond donors (Lipinski definition) is 0. The van der Waals surface area contributed by atoms with Crippen molar-refractivity contribution in [3.05, 3.63) is 0 Å². The largest absolute Gasteiger partial charge is 0.300 e. The Morgan fingerprint density at radius 3 is 2.37 bits per heavy atom. The summed E-state index contributed by atoms with van der Waals surface area (Å²) in [6, 6.07) is 0. The molecule has 0 aromatic carbocycles. The number of ketones is 2. The first-order chi connectivity index (χ1) is 8.89. The van der Waals surface area contributed by atoms with Gasteiger partial charge in [-0.1, -0.05) is 13.8 Å². The standard InChI is InChI=1S/C17H24O2/c1-14-5-3-4-13(19)17(14)9-7-15(2)10-12(18)11-16(15,17)8-6-14/h3-11H2,1-2H3/t14?,15-,16?,17+/m1/s1. The van der Waals surface area contributed by atoms with Crippen molar-refractivity contribution >= 4 is 11.6 Å². The van der Waals surface area contributed by atoms with Crippen LogP contribution < -0.4 is 0 Å². The second-order valence-electron chi connectivity index (χ2n) is 8.28. The molecule has 0 heterocycles. The third-order valence-electron chi connectivity index (χ3n) is 7.85. The Kier molecular flexibility index (Phi) is 2.01. The van der Waals surface area contributed by atoms with E-state index in [2.05, 4.69) is 13.8 Å². The quantitative estimate of drug-likeness (QED) is 0.666. The predicted molar refractivity (Wildman–Crippen MR) is 72.6 cm³/mol. The molecule has 4 saturated carbocycles. The minimum atomic E-state index is -0.140. The highest BCUT2D eigenvalue weighted by atomic mass is 16.1. The lowest BCUT2D eigenvalue weighted by Gasteiger charge is -2.52. The van der Waals surface area contributed by atoms with E-state index in [9.17, 15) is 9.59 Å². The second kappa shape index (κ2) is 3.15. The minimum Gasteiger partial charge on any atom is -0.300 e. The van der Waals surface area contributed by atoms with Gasteiger partial charge in [0.1, 0.15) is 11.6 Å². The summed E-state index contributed by atoms with van der Waals surface area (Å²) in [5.74, 6) is 0.932. The third kappa shape index (κ3) is 1.02. The van der Waals surface area contributed by atoms with Crippen LogP contribution in [0.5, 0.6) is 0 Å². The van der Waals surface area contributed by atoms with E-state index in [1.54, 1.807) is 0 Å². The van der Waals surface area contributed by atoms with Crippen LogP contribution in [0, 0.1) is 21.7 Å². The maximum atomic E-state index is 13.0. The van der Waals surface area contributed by atoms with Crippen LogP contribution in [0.1, 0.15) is 71.6 Å². The number of hydrogen-bond acceptors (Lipinski definition) is 2. The molecule has 0 amide bonds. The second-order valence-corrected chi connectivity index (χ2v) is 8.28. The summed E-state index contributed by atoms with van der Waals surface area (Å²) in [7, 11) is 0. The highest BCUT2D eigenvalue weighted by Crippen LogP contribution is 2.82. The molecule has 2 heteroatoms. The first-order valence-corrected chi connectivity index (χ1v) is 7.94. The number of rotatable bonds is 0. The molecule has 4 aliphatic carbocycles. The predicted octanol–water partition coefficient (Wildman–Crippen LogP) is 3.68. The Morgan fingerprint density at radius 1 is 0.842 bits per heavy atom. The Labute approximate surface area is 115 Å². The maximum absolute atomic E-state index is 13.0. The van der Waals surface area contributed by atoms with Crippen molar-refractivity contribution in [2.24, 2.45) is 21.7 Å². The maximum Gasteiger partial charge on any atom is 0.140 e. The lowest BCUT2D eigenvalue weighted by atomic mass is 9.49. The van der Waals surface area contributed by atoms with Gasteiger partial charge >= 0.3 is 0 Å². The summed E-state index contributed by atoms with van der Waals surface area (Å²) in [6.45, 7) is 4.66. The molecule has 2 nitrogen and oxygen atoms in total. The number of carbonyl (C=O) groups excluding carboxylic acids is 2. The van der Waals surface area contributed by atoms with Gasteiger partial charge < -0.3 is 0 Å². The Hall–Kier alpha value is -0.660. The van der Waals surface area contributed by atoms with Gasteiger partial charge in [0.25, 0.3) is 0 Å². The normalized spacial score (nSPS) is 56.1. The summed E-state index contributed by atoms with van der Waals surface area (Å²) in [6.07, 6.45) is 8.92. The van der Waals surface area contributed by atoms with Crippen molar-refractivity contribution < 1.29 is 9.59 Å². The van der Waals surface area contributed by atoms with E-state index >= 15 is 0 Å². The fourth-order valence-electron chi connectivity index (χ4n) is 7.03. The average Bonchev–Trinajstić information content (AvgIpc) is 2.82. The van der Waals surface area contributed by atoms with Gasteiger partial charge in [0.05, 0.1) is 0 Å². The van der Waals surface area contributed by atoms with Crippen LogP contribution in [0.25, 0.3) is 0 Å². The smallest absolute Gasteiger partial charge is 0.140 e. The third-order valence-corrected chi connectivity index (χ3v) is 7.85. The Bertz CT molecular complexity index is 495. The van der Waals surface area contributed by atoms with Crippen molar-refractivity contribution in [1.29, 1.82) is 0 Å². The van der Waals surface area contributed by atoms with E-state index in [1.165, 1.54) is 12.8 Å². The molecule has 4 aliphatic rings. The molecule has 4 atom stereocenters. The lowest BCUT2D eigenvalue weighted by molar-refractivity contribution is -0.150. The molecule has 0 bridgehead atoms. The molecule has 0 radical (unpaired) electrons. The molecule has 19 heavy (non-hydrogen) atoms. The summed E-state index contributed by atoms with van der Waals surface area (Å²) in [5.41, 5.74) is 0.196. The van der Waals surface area contributed by atoms with Crippen LogP contribution >= 0.6 is 0 Å². The van der Waals surface area contributed by atoms with Gasteiger partial charge in [-0.2, -0.15) is 0 Å². The molecular formula is C17H24O2. The van der Waals surface area contributed by atoms with Gasteiger partial charge in [0.15, 0.2) is 0 Å². The highest BCUT2D eigenvalue weighted by molar-refractivity contribution is 5.92. The summed E-state index contributed by atoms with van der Waals surface area (Å²) < 4.78 is 0. The van der Waals surface area contributed by atoms with E-state index in [0.29, 0.717) is 18.0 Å². The Morgan fingerprint density at radius 2 is 1.58 bits per heavy atom. The van der Waals surface area contributed by atoms with Crippen LogP contribution in [0.2, 0.25) is 0 Å². The lowest BCUT2D eigenvalue weighted by Crippen LogP contribution is -2.53. The van der Waals surface area contributed by atoms with Crippen LogP contribution in [0.4, 0.5) is 0 Å². The van der Waals surface area contributed by atoms with E-state index in [4.69, 9.17) is 0 Å². The molecule has 0 aromatic rings. The molecule has 104 valence electrons. The topological polar surface area (TPSA) is 34.1 Å². The van der Waals surface area contributed by atoms with Gasteiger partial charge in [-0.3, -0.25) is 9.59 Å². The number of carbonyl (C=O) groups is 2. The van der Waals surface area contributed by atoms with Crippen LogP contribution in [0.15, 0.2) is 0 Å². The van der Waals surface area contributed by atoms with E-state index in [0.717, 1.165) is 38.5 Å². The summed E-state index contributed by atoms with van der Waals surface area (Å²) in [4.78, 5) is 25.1. The number of Topliss-reactive ketones (excluding diaryl/α,β-unsaturated/α-hetero) is 2. The zero-order valence-corrected chi connectivity index (χ0v) is 12.2.